The van der Waals surface area contributed by atoms with E-state index in [0.717, 1.165) is 52.3 Å². The molecule has 33 heavy (non-hydrogen) atoms. The van der Waals surface area contributed by atoms with Gasteiger partial charge in [0.1, 0.15) is 5.60 Å². The zero-order valence-corrected chi connectivity index (χ0v) is 20.2. The van der Waals surface area contributed by atoms with Crippen LogP contribution in [0.4, 0.5) is 5.69 Å². The van der Waals surface area contributed by atoms with Gasteiger partial charge in [-0.15, -0.1) is 0 Å². The highest BCUT2D eigenvalue weighted by Gasteiger charge is 2.39. The summed E-state index contributed by atoms with van der Waals surface area (Å²) in [6, 6.07) is 7.95. The molecule has 174 valence electrons. The second-order valence-electron chi connectivity index (χ2n) is 9.84. The smallest absolute Gasteiger partial charge is 0.330 e. The van der Waals surface area contributed by atoms with Gasteiger partial charge in [-0.2, -0.15) is 0 Å². The van der Waals surface area contributed by atoms with Gasteiger partial charge in [0.25, 0.3) is 0 Å². The SMILES string of the molecule is CCOc1cc2c(c3c1OC(C)(C)C3)C(c1ccc(C=CC(=O)OC)c(N)c1)=NC(C)(C)C2. The van der Waals surface area contributed by atoms with Crippen LogP contribution >= 0.6 is 0 Å². The van der Waals surface area contributed by atoms with Crippen molar-refractivity contribution in [3.8, 4) is 11.5 Å². The maximum atomic E-state index is 11.5. The van der Waals surface area contributed by atoms with Crippen LogP contribution in [0.15, 0.2) is 35.3 Å². The summed E-state index contributed by atoms with van der Waals surface area (Å²) in [5, 5.41) is 0. The molecule has 0 bridgehead atoms. The number of methoxy groups -OCH3 is 1. The van der Waals surface area contributed by atoms with Crippen LogP contribution < -0.4 is 15.2 Å². The molecule has 2 heterocycles. The Morgan fingerprint density at radius 3 is 2.64 bits per heavy atom. The van der Waals surface area contributed by atoms with E-state index in [9.17, 15) is 4.79 Å². The van der Waals surface area contributed by atoms with Gasteiger partial charge in [0.2, 0.25) is 0 Å². The minimum absolute atomic E-state index is 0.271. The maximum Gasteiger partial charge on any atom is 0.330 e. The van der Waals surface area contributed by atoms with Crippen molar-refractivity contribution in [3.05, 3.63) is 58.2 Å². The Labute approximate surface area is 195 Å². The van der Waals surface area contributed by atoms with Crippen LogP contribution in [-0.4, -0.2) is 36.5 Å². The van der Waals surface area contributed by atoms with Crippen molar-refractivity contribution >= 4 is 23.4 Å². The van der Waals surface area contributed by atoms with E-state index in [1.807, 2.05) is 25.1 Å². The van der Waals surface area contributed by atoms with E-state index >= 15 is 0 Å². The van der Waals surface area contributed by atoms with E-state index in [-0.39, 0.29) is 11.1 Å². The number of rotatable bonds is 5. The number of benzene rings is 2. The number of nitrogens with zero attached hydrogens (tertiary/aromatic N) is 1. The predicted octanol–water partition coefficient (Wildman–Crippen LogP) is 4.74. The van der Waals surface area contributed by atoms with Crippen LogP contribution in [-0.2, 0) is 22.4 Å². The molecule has 0 aromatic heterocycles. The van der Waals surface area contributed by atoms with Crippen LogP contribution in [0, 0.1) is 0 Å². The standard InChI is InChI=1S/C27H32N2O4/c1-7-32-21-13-18-14-26(2,3)29-24(23(18)19-15-27(4,5)33-25(19)21)17-9-8-16(20(28)12-17)10-11-22(30)31-6/h8-13H,7,14-15,28H2,1-6H3. The van der Waals surface area contributed by atoms with Crippen molar-refractivity contribution in [2.24, 2.45) is 4.99 Å². The first-order valence-electron chi connectivity index (χ1n) is 11.3. The molecule has 0 spiro atoms. The summed E-state index contributed by atoms with van der Waals surface area (Å²) in [6.07, 6.45) is 4.62. The molecular formula is C27H32N2O4. The van der Waals surface area contributed by atoms with E-state index in [2.05, 4.69) is 38.5 Å². The fraction of sp³-hybridized carbons (Fsp3) is 0.407. The molecule has 0 saturated carbocycles. The minimum Gasteiger partial charge on any atom is -0.490 e. The number of esters is 1. The van der Waals surface area contributed by atoms with E-state index in [1.54, 1.807) is 6.08 Å². The van der Waals surface area contributed by atoms with Crippen molar-refractivity contribution in [2.45, 2.75) is 58.6 Å². The van der Waals surface area contributed by atoms with Crippen molar-refractivity contribution in [1.29, 1.82) is 0 Å². The molecule has 0 saturated heterocycles. The van der Waals surface area contributed by atoms with Gasteiger partial charge in [-0.25, -0.2) is 4.79 Å². The lowest BCUT2D eigenvalue weighted by Crippen LogP contribution is -2.30. The van der Waals surface area contributed by atoms with E-state index in [4.69, 9.17) is 20.2 Å². The minimum atomic E-state index is -0.422. The molecule has 4 rings (SSSR count). The number of hydrogen-bond donors (Lipinski definition) is 1. The van der Waals surface area contributed by atoms with Crippen molar-refractivity contribution < 1.29 is 19.0 Å². The maximum absolute atomic E-state index is 11.5. The molecule has 0 amide bonds. The van der Waals surface area contributed by atoms with Gasteiger partial charge >= 0.3 is 5.97 Å². The topological polar surface area (TPSA) is 83.1 Å². The normalized spacial score (nSPS) is 17.7. The number of nitrogen functional groups attached to an aromatic ring is 1. The largest absolute Gasteiger partial charge is 0.490 e. The zero-order chi connectivity index (χ0) is 24.0. The third-order valence-corrected chi connectivity index (χ3v) is 5.94. The van der Waals surface area contributed by atoms with Gasteiger partial charge in [0.05, 0.1) is 25.0 Å². The lowest BCUT2D eigenvalue weighted by atomic mass is 9.80. The highest BCUT2D eigenvalue weighted by molar-refractivity contribution is 6.16. The van der Waals surface area contributed by atoms with Crippen molar-refractivity contribution in [1.82, 2.24) is 0 Å². The summed E-state index contributed by atoms with van der Waals surface area (Å²) in [4.78, 5) is 16.6. The van der Waals surface area contributed by atoms with Gasteiger partial charge in [-0.3, -0.25) is 4.99 Å². The van der Waals surface area contributed by atoms with Crippen molar-refractivity contribution in [3.63, 3.8) is 0 Å². The molecule has 0 radical (unpaired) electrons. The van der Waals surface area contributed by atoms with Crippen LogP contribution in [0.3, 0.4) is 0 Å². The monoisotopic (exact) mass is 448 g/mol. The van der Waals surface area contributed by atoms with Crippen LogP contribution in [0.25, 0.3) is 6.08 Å². The zero-order valence-electron chi connectivity index (χ0n) is 20.2. The second-order valence-corrected chi connectivity index (χ2v) is 9.84. The highest BCUT2D eigenvalue weighted by atomic mass is 16.5. The molecule has 6 nitrogen and oxygen atoms in total. The number of carbonyl (C=O) groups excluding carboxylic acids is 1. The lowest BCUT2D eigenvalue weighted by Gasteiger charge is -2.31. The van der Waals surface area contributed by atoms with Gasteiger partial charge in [0.15, 0.2) is 11.5 Å². The fourth-order valence-electron chi connectivity index (χ4n) is 4.64. The molecule has 6 heteroatoms. The van der Waals surface area contributed by atoms with E-state index in [0.29, 0.717) is 12.3 Å². The molecule has 2 aliphatic heterocycles. The number of aliphatic imine (C=N–C) groups is 1. The van der Waals surface area contributed by atoms with Crippen molar-refractivity contribution in [2.75, 3.05) is 19.5 Å². The summed E-state index contributed by atoms with van der Waals surface area (Å²) < 4.78 is 17.0. The van der Waals surface area contributed by atoms with Gasteiger partial charge < -0.3 is 19.9 Å². The molecule has 2 aliphatic rings. The van der Waals surface area contributed by atoms with Crippen LogP contribution in [0.2, 0.25) is 0 Å². The van der Waals surface area contributed by atoms with E-state index < -0.39 is 5.97 Å². The number of carbonyl (C=O) groups is 1. The van der Waals surface area contributed by atoms with E-state index in [1.165, 1.54) is 18.7 Å². The first-order valence-corrected chi connectivity index (χ1v) is 11.3. The van der Waals surface area contributed by atoms with Crippen LogP contribution in [0.5, 0.6) is 11.5 Å². The Hall–Kier alpha value is -3.28. The molecule has 0 atom stereocenters. The Morgan fingerprint density at radius 1 is 1.21 bits per heavy atom. The Bertz CT molecular complexity index is 1180. The lowest BCUT2D eigenvalue weighted by molar-refractivity contribution is -0.134. The Morgan fingerprint density at radius 2 is 1.97 bits per heavy atom. The number of anilines is 1. The molecule has 2 N–H and O–H groups in total. The predicted molar refractivity (Wildman–Crippen MR) is 131 cm³/mol. The molecule has 0 fully saturated rings. The third-order valence-electron chi connectivity index (χ3n) is 5.94. The van der Waals surface area contributed by atoms with Gasteiger partial charge in [0, 0.05) is 34.9 Å². The molecule has 0 unspecified atom stereocenters. The summed E-state index contributed by atoms with van der Waals surface area (Å²) >= 11 is 0. The quantitative estimate of drug-likeness (QED) is 0.406. The molecular weight excluding hydrogens is 416 g/mol. The summed E-state index contributed by atoms with van der Waals surface area (Å²) in [5.74, 6) is 1.20. The molecule has 2 aromatic carbocycles. The van der Waals surface area contributed by atoms with Crippen LogP contribution in [0.1, 0.15) is 62.4 Å². The molecule has 0 aliphatic carbocycles. The highest BCUT2D eigenvalue weighted by Crippen LogP contribution is 2.48. The molecule has 2 aromatic rings. The second kappa shape index (κ2) is 8.25. The first-order chi connectivity index (χ1) is 15.5. The third kappa shape index (κ3) is 4.47. The fourth-order valence-corrected chi connectivity index (χ4v) is 4.64. The first kappa shape index (κ1) is 22.9. The Kier molecular flexibility index (Phi) is 5.72. The summed E-state index contributed by atoms with van der Waals surface area (Å²) in [6.45, 7) is 11.0. The number of nitrogens with two attached hydrogens (primary N) is 1. The van der Waals surface area contributed by atoms with Gasteiger partial charge in [-0.1, -0.05) is 12.1 Å². The number of ether oxygens (including phenoxy) is 3. The summed E-state index contributed by atoms with van der Waals surface area (Å²) in [5.41, 5.74) is 12.4. The number of fused-ring (bicyclic) bond motifs is 3. The average Bonchev–Trinajstić information content (AvgIpc) is 3.06. The average molecular weight is 449 g/mol. The van der Waals surface area contributed by atoms with Gasteiger partial charge in [-0.05, 0) is 70.4 Å². The number of hydrogen-bond acceptors (Lipinski definition) is 6. The Balaban J connectivity index is 1.86. The summed E-state index contributed by atoms with van der Waals surface area (Å²) in [7, 11) is 1.35.